The summed E-state index contributed by atoms with van der Waals surface area (Å²) < 4.78 is 27.1. The number of rotatable bonds is 7. The van der Waals surface area contributed by atoms with Crippen LogP contribution in [0.1, 0.15) is 11.7 Å². The molecule has 14 heteroatoms. The molecule has 0 saturated carbocycles. The summed E-state index contributed by atoms with van der Waals surface area (Å²) in [6.45, 7) is -1.79. The average molecular weight is 579 g/mol. The molecular formula is C27H30O14. The molecule has 0 bridgehead atoms. The highest BCUT2D eigenvalue weighted by Crippen LogP contribution is 2.45. The maximum absolute atomic E-state index is 13.1. The van der Waals surface area contributed by atoms with Crippen molar-refractivity contribution in [3.8, 4) is 28.6 Å². The SMILES string of the molecule is COc1ccc(-c2cc(=O)c3c(O)c([C@@H]4O[C@@H](CO[C@@H]5OC[C@](O)(CO)[C@@H]5O)[C@H](O)[C@H](O)[C@@H]4O)c(O)cc3o2)cc1. The molecule has 2 saturated heterocycles. The van der Waals surface area contributed by atoms with Crippen LogP contribution in [0, 0.1) is 0 Å². The standard InChI is InChI=1S/C27H30O14/c1-37-12-4-2-11(3-5-12)15-6-13(29)18-16(40-15)7-14(30)19(21(18)32)24-23(34)22(33)20(31)17(41-24)8-38-26-25(35)27(36,9-28)10-39-26/h2-7,17,20,22-26,28,30-36H,8-10H2,1H3/t17-,20-,22-,23-,24-,25+,26+,27+/m0/s1. The number of phenols is 2. The number of methoxy groups -OCH3 is 1. The van der Waals surface area contributed by atoms with Gasteiger partial charge in [0, 0.05) is 17.7 Å². The van der Waals surface area contributed by atoms with Crippen LogP contribution in [0.3, 0.4) is 0 Å². The molecule has 0 amide bonds. The van der Waals surface area contributed by atoms with Gasteiger partial charge in [0.1, 0.15) is 76.2 Å². The van der Waals surface area contributed by atoms with Gasteiger partial charge in [0.2, 0.25) is 0 Å². The second-order valence-corrected chi connectivity index (χ2v) is 10.0. The van der Waals surface area contributed by atoms with E-state index in [1.807, 2.05) is 0 Å². The first-order valence-corrected chi connectivity index (χ1v) is 12.6. The smallest absolute Gasteiger partial charge is 0.197 e. The van der Waals surface area contributed by atoms with E-state index in [1.54, 1.807) is 24.3 Å². The van der Waals surface area contributed by atoms with E-state index in [-0.39, 0.29) is 16.7 Å². The normalized spacial score (nSPS) is 31.9. The summed E-state index contributed by atoms with van der Waals surface area (Å²) in [5.74, 6) is -0.687. The van der Waals surface area contributed by atoms with E-state index in [1.165, 1.54) is 7.11 Å². The zero-order chi connectivity index (χ0) is 29.6. The number of aliphatic hydroxyl groups excluding tert-OH is 5. The molecule has 8 atom stereocenters. The Labute approximate surface area is 231 Å². The third kappa shape index (κ3) is 5.14. The zero-order valence-corrected chi connectivity index (χ0v) is 21.7. The van der Waals surface area contributed by atoms with Crippen LogP contribution >= 0.6 is 0 Å². The highest BCUT2D eigenvalue weighted by molar-refractivity contribution is 5.88. The first-order chi connectivity index (χ1) is 19.5. The predicted molar refractivity (Wildman–Crippen MR) is 137 cm³/mol. The molecule has 3 aromatic rings. The van der Waals surface area contributed by atoms with Gasteiger partial charge in [0.05, 0.1) is 32.5 Å². The monoisotopic (exact) mass is 578 g/mol. The second-order valence-electron chi connectivity index (χ2n) is 10.0. The molecule has 8 N–H and O–H groups in total. The number of benzene rings is 2. The van der Waals surface area contributed by atoms with Crippen molar-refractivity contribution in [3.63, 3.8) is 0 Å². The molecule has 2 aliphatic heterocycles. The van der Waals surface area contributed by atoms with Crippen molar-refractivity contribution >= 4 is 11.0 Å². The van der Waals surface area contributed by atoms with Crippen molar-refractivity contribution in [1.29, 1.82) is 0 Å². The summed E-state index contributed by atoms with van der Waals surface area (Å²) in [6, 6.07) is 8.81. The van der Waals surface area contributed by atoms with Crippen molar-refractivity contribution in [3.05, 3.63) is 52.2 Å². The minimum atomic E-state index is -1.97. The lowest BCUT2D eigenvalue weighted by Gasteiger charge is -2.41. The topological polar surface area (TPSA) is 229 Å². The van der Waals surface area contributed by atoms with E-state index in [2.05, 4.69) is 0 Å². The number of phenolic OH excluding ortho intramolecular Hbond substituents is 2. The fourth-order valence-corrected chi connectivity index (χ4v) is 4.93. The maximum Gasteiger partial charge on any atom is 0.197 e. The Kier molecular flexibility index (Phi) is 7.95. The van der Waals surface area contributed by atoms with Gasteiger partial charge in [-0.1, -0.05) is 0 Å². The fraction of sp³-hybridized carbons (Fsp3) is 0.444. The highest BCUT2D eigenvalue weighted by atomic mass is 16.7. The van der Waals surface area contributed by atoms with Crippen LogP contribution in [0.5, 0.6) is 17.2 Å². The van der Waals surface area contributed by atoms with Gasteiger partial charge in [0.15, 0.2) is 11.7 Å². The van der Waals surface area contributed by atoms with E-state index in [0.29, 0.717) is 11.3 Å². The number of aliphatic hydroxyl groups is 6. The summed E-state index contributed by atoms with van der Waals surface area (Å²) in [7, 11) is 1.50. The summed E-state index contributed by atoms with van der Waals surface area (Å²) in [5.41, 5.74) is -2.74. The number of fused-ring (bicyclic) bond motifs is 1. The number of hydrogen-bond acceptors (Lipinski definition) is 14. The van der Waals surface area contributed by atoms with Gasteiger partial charge in [-0.3, -0.25) is 4.79 Å². The van der Waals surface area contributed by atoms with Crippen molar-refractivity contribution in [1.82, 2.24) is 0 Å². The van der Waals surface area contributed by atoms with E-state index < -0.39 is 90.8 Å². The minimum absolute atomic E-state index is 0.144. The van der Waals surface area contributed by atoms with Gasteiger partial charge >= 0.3 is 0 Å². The molecule has 0 aliphatic carbocycles. The molecule has 5 rings (SSSR count). The lowest BCUT2D eigenvalue weighted by atomic mass is 9.89. The van der Waals surface area contributed by atoms with E-state index in [9.17, 15) is 45.6 Å². The molecule has 1 aromatic heterocycles. The summed E-state index contributed by atoms with van der Waals surface area (Å²) in [4.78, 5) is 13.1. The zero-order valence-electron chi connectivity index (χ0n) is 21.7. The molecule has 2 aromatic carbocycles. The van der Waals surface area contributed by atoms with E-state index >= 15 is 0 Å². The van der Waals surface area contributed by atoms with Crippen LogP contribution in [0.15, 0.2) is 45.6 Å². The summed E-state index contributed by atoms with van der Waals surface area (Å²) in [6.07, 6.45) is -11.6. The third-order valence-electron chi connectivity index (χ3n) is 7.39. The van der Waals surface area contributed by atoms with Gasteiger partial charge in [0.25, 0.3) is 0 Å². The van der Waals surface area contributed by atoms with Crippen molar-refractivity contribution < 1.29 is 64.2 Å². The van der Waals surface area contributed by atoms with Crippen molar-refractivity contribution in [2.75, 3.05) is 26.9 Å². The molecule has 0 spiro atoms. The van der Waals surface area contributed by atoms with E-state index in [0.717, 1.165) is 12.1 Å². The fourth-order valence-electron chi connectivity index (χ4n) is 4.93. The second kappa shape index (κ2) is 11.2. The Bertz CT molecular complexity index is 1460. The van der Waals surface area contributed by atoms with Crippen LogP contribution in [0.2, 0.25) is 0 Å². The number of ether oxygens (including phenoxy) is 4. The molecular weight excluding hydrogens is 548 g/mol. The van der Waals surface area contributed by atoms with Crippen LogP contribution in [0.4, 0.5) is 0 Å². The summed E-state index contributed by atoms with van der Waals surface area (Å²) in [5, 5.41) is 82.8. The quantitative estimate of drug-likeness (QED) is 0.166. The van der Waals surface area contributed by atoms with Crippen LogP contribution in [-0.2, 0) is 14.2 Å². The van der Waals surface area contributed by atoms with Crippen LogP contribution < -0.4 is 10.2 Å². The lowest BCUT2D eigenvalue weighted by Crippen LogP contribution is -2.56. The predicted octanol–water partition coefficient (Wildman–Crippen LogP) is -1.14. The van der Waals surface area contributed by atoms with Gasteiger partial charge in [-0.05, 0) is 24.3 Å². The molecule has 2 fully saturated rings. The van der Waals surface area contributed by atoms with Gasteiger partial charge < -0.3 is 64.2 Å². The van der Waals surface area contributed by atoms with Gasteiger partial charge in [-0.2, -0.15) is 0 Å². The molecule has 3 heterocycles. The lowest BCUT2D eigenvalue weighted by molar-refractivity contribution is -0.253. The molecule has 222 valence electrons. The largest absolute Gasteiger partial charge is 0.507 e. The highest BCUT2D eigenvalue weighted by Gasteiger charge is 2.50. The third-order valence-corrected chi connectivity index (χ3v) is 7.39. The first-order valence-electron chi connectivity index (χ1n) is 12.6. The average Bonchev–Trinajstić information content (AvgIpc) is 3.25. The Morgan fingerprint density at radius 1 is 1.02 bits per heavy atom. The van der Waals surface area contributed by atoms with Gasteiger partial charge in [-0.15, -0.1) is 0 Å². The number of aromatic hydroxyl groups is 2. The van der Waals surface area contributed by atoms with E-state index in [4.69, 9.17) is 23.4 Å². The van der Waals surface area contributed by atoms with Gasteiger partial charge in [-0.25, -0.2) is 0 Å². The van der Waals surface area contributed by atoms with Crippen molar-refractivity contribution in [2.45, 2.75) is 48.5 Å². The van der Waals surface area contributed by atoms with Crippen molar-refractivity contribution in [2.24, 2.45) is 0 Å². The Morgan fingerprint density at radius 3 is 2.37 bits per heavy atom. The van der Waals surface area contributed by atoms with Crippen LogP contribution in [0.25, 0.3) is 22.3 Å². The molecule has 0 radical (unpaired) electrons. The summed E-state index contributed by atoms with van der Waals surface area (Å²) >= 11 is 0. The molecule has 41 heavy (non-hydrogen) atoms. The number of hydrogen-bond donors (Lipinski definition) is 8. The molecule has 2 aliphatic rings. The molecule has 0 unspecified atom stereocenters. The minimum Gasteiger partial charge on any atom is -0.507 e. The first kappa shape index (κ1) is 29.2. The Hall–Kier alpha value is -3.31. The maximum atomic E-state index is 13.1. The Morgan fingerprint density at radius 2 is 1.73 bits per heavy atom. The van der Waals surface area contributed by atoms with Crippen LogP contribution in [-0.4, -0.2) is 110 Å². The molecule has 14 nitrogen and oxygen atoms in total. The Balaban J connectivity index is 1.44.